The highest BCUT2D eigenvalue weighted by Crippen LogP contribution is 2.59. The summed E-state index contributed by atoms with van der Waals surface area (Å²) in [6.45, 7) is 13.2. The van der Waals surface area contributed by atoms with Gasteiger partial charge in [-0.3, -0.25) is 14.4 Å². The van der Waals surface area contributed by atoms with E-state index in [9.17, 15) is 24.3 Å². The molecule has 1 N–H and O–H groups in total. The van der Waals surface area contributed by atoms with E-state index in [0.29, 0.717) is 43.2 Å². The van der Waals surface area contributed by atoms with Crippen molar-refractivity contribution in [3.05, 3.63) is 36.0 Å². The van der Waals surface area contributed by atoms with Crippen molar-refractivity contribution in [1.29, 1.82) is 0 Å². The van der Waals surface area contributed by atoms with E-state index in [-0.39, 0.29) is 24.3 Å². The third kappa shape index (κ3) is 8.19. The van der Waals surface area contributed by atoms with Crippen LogP contribution >= 0.6 is 11.6 Å². The van der Waals surface area contributed by atoms with Gasteiger partial charge in [-0.2, -0.15) is 0 Å². The molecule has 4 aliphatic rings. The molecule has 0 bridgehead atoms. The summed E-state index contributed by atoms with van der Waals surface area (Å²) in [6.07, 6.45) is 2.32. The Morgan fingerprint density at radius 3 is 2.40 bits per heavy atom. The van der Waals surface area contributed by atoms with Crippen LogP contribution < -0.4 is 0 Å². The van der Waals surface area contributed by atoms with Crippen molar-refractivity contribution in [2.24, 2.45) is 29.6 Å². The normalized spacial score (nSPS) is 38.5. The molecule has 2 aromatic heterocycles. The van der Waals surface area contributed by atoms with Crippen LogP contribution in [0.1, 0.15) is 74.1 Å². The van der Waals surface area contributed by atoms with Gasteiger partial charge in [0.2, 0.25) is 0 Å². The number of rotatable bonds is 10. The van der Waals surface area contributed by atoms with Crippen LogP contribution in [0.2, 0.25) is 5.15 Å². The van der Waals surface area contributed by atoms with Crippen LogP contribution in [0.15, 0.2) is 30.9 Å². The number of amides is 1. The minimum atomic E-state index is -1.26. The summed E-state index contributed by atoms with van der Waals surface area (Å²) in [5, 5.41) is 11.8. The van der Waals surface area contributed by atoms with Crippen LogP contribution in [0.25, 0.3) is 11.3 Å². The Morgan fingerprint density at radius 1 is 1.02 bits per heavy atom. The number of halogens is 1. The Bertz CT molecular complexity index is 1840. The minimum absolute atomic E-state index is 0.133. The summed E-state index contributed by atoms with van der Waals surface area (Å²) < 4.78 is 33.0. The monoisotopic (exact) mass is 829 g/mol. The average Bonchev–Trinajstić information content (AvgIpc) is 3.47. The molecule has 1 amide bonds. The largest absolute Gasteiger partial charge is 0.457 e. The number of esters is 1. The number of likely N-dealkylation sites (N-methyl/N-ethyl adjacent to an activating group) is 1. The third-order valence-electron chi connectivity index (χ3n) is 13.2. The summed E-state index contributed by atoms with van der Waals surface area (Å²) >= 11 is 6.28. The molecule has 2 unspecified atom stereocenters. The van der Waals surface area contributed by atoms with Crippen LogP contribution in [0.3, 0.4) is 0 Å². The molecule has 1 spiro atoms. The predicted molar refractivity (Wildman–Crippen MR) is 212 cm³/mol. The number of aliphatic hydroxyl groups is 1. The number of carbonyl (C=O) groups excluding carboxylic acids is 4. The number of pyridine rings is 1. The van der Waals surface area contributed by atoms with Gasteiger partial charge in [0.25, 0.3) is 0 Å². The quantitative estimate of drug-likeness (QED) is 0.150. The number of methoxy groups -OCH3 is 1. The van der Waals surface area contributed by atoms with Crippen LogP contribution in [-0.4, -0.2) is 135 Å². The van der Waals surface area contributed by atoms with E-state index in [1.165, 1.54) is 14.0 Å². The number of aryl methyl sites for hydroxylation is 1. The van der Waals surface area contributed by atoms with E-state index in [4.69, 9.17) is 35.3 Å². The molecule has 1 aliphatic carbocycles. The molecule has 15 nitrogen and oxygen atoms in total. The maximum Gasteiger partial charge on any atom is 0.410 e. The molecule has 320 valence electrons. The number of imidazole rings is 1. The highest BCUT2D eigenvalue weighted by atomic mass is 35.5. The average molecular weight is 830 g/mol. The third-order valence-corrected chi connectivity index (χ3v) is 13.5. The first-order valence-corrected chi connectivity index (χ1v) is 20.8. The van der Waals surface area contributed by atoms with Gasteiger partial charge in [-0.25, -0.2) is 14.8 Å². The summed E-state index contributed by atoms with van der Waals surface area (Å²) in [4.78, 5) is 68.7. The van der Waals surface area contributed by atoms with E-state index in [0.717, 1.165) is 5.56 Å². The van der Waals surface area contributed by atoms with Crippen molar-refractivity contribution in [3.63, 3.8) is 0 Å². The Morgan fingerprint density at radius 2 is 1.72 bits per heavy atom. The lowest BCUT2D eigenvalue weighted by atomic mass is 9.75. The summed E-state index contributed by atoms with van der Waals surface area (Å²) in [5.74, 6) is -5.29. The molecule has 2 aromatic rings. The maximum atomic E-state index is 14.7. The summed E-state index contributed by atoms with van der Waals surface area (Å²) in [6, 6.07) is 2.64. The number of aliphatic hydroxyl groups excluding tert-OH is 1. The second kappa shape index (κ2) is 17.3. The van der Waals surface area contributed by atoms with Gasteiger partial charge >= 0.3 is 12.1 Å². The van der Waals surface area contributed by atoms with Gasteiger partial charge in [0.05, 0.1) is 35.9 Å². The lowest BCUT2D eigenvalue weighted by molar-refractivity contribution is -0.295. The first kappa shape index (κ1) is 44.1. The first-order chi connectivity index (χ1) is 27.4. The van der Waals surface area contributed by atoms with Crippen molar-refractivity contribution >= 4 is 35.2 Å². The fraction of sp³-hybridized carbons (Fsp3) is 0.714. The van der Waals surface area contributed by atoms with E-state index >= 15 is 0 Å². The zero-order chi connectivity index (χ0) is 42.4. The highest BCUT2D eigenvalue weighted by molar-refractivity contribution is 6.32. The van der Waals surface area contributed by atoms with Crippen molar-refractivity contribution in [1.82, 2.24) is 24.3 Å². The fourth-order valence-electron chi connectivity index (χ4n) is 9.70. The second-order valence-electron chi connectivity index (χ2n) is 17.4. The number of ketones is 2. The van der Waals surface area contributed by atoms with Gasteiger partial charge < -0.3 is 43.2 Å². The molecular formula is C42H60ClN5O10. The molecular weight excluding hydrogens is 770 g/mol. The fourth-order valence-corrected chi connectivity index (χ4v) is 9.91. The summed E-state index contributed by atoms with van der Waals surface area (Å²) in [5.41, 5.74) is -1.09. The van der Waals surface area contributed by atoms with Gasteiger partial charge in [-0.05, 0) is 72.7 Å². The molecule has 16 heteroatoms. The molecule has 0 radical (unpaired) electrons. The van der Waals surface area contributed by atoms with Crippen LogP contribution in [-0.2, 0) is 44.6 Å². The second-order valence-corrected chi connectivity index (χ2v) is 17.8. The van der Waals surface area contributed by atoms with Crippen LogP contribution in [0.4, 0.5) is 4.79 Å². The molecule has 1 saturated carbocycles. The molecule has 3 aliphatic heterocycles. The number of hydrogen-bond donors (Lipinski definition) is 1. The van der Waals surface area contributed by atoms with E-state index in [1.54, 1.807) is 44.3 Å². The number of carbonyl (C=O) groups is 4. The molecule has 58 heavy (non-hydrogen) atoms. The summed E-state index contributed by atoms with van der Waals surface area (Å²) in [7, 11) is 5.23. The molecule has 6 rings (SSSR count). The van der Waals surface area contributed by atoms with Gasteiger partial charge in [0, 0.05) is 67.9 Å². The number of nitrogens with zero attached hydrogens (tertiary/aromatic N) is 5. The zero-order valence-corrected chi connectivity index (χ0v) is 36.0. The van der Waals surface area contributed by atoms with Crippen molar-refractivity contribution in [2.75, 3.05) is 27.7 Å². The standard InChI is InChI=1S/C42H60ClN5O10/c1-22-19-41(7,54-10)35(57-39-33(51)30(46(8)9)18-23(2)55-39)25(4)32(50)26(5)38(52)56-36-27(6)42(36)34(24(3)31(22)49)48(40(53)58-42)17-12-11-16-47-20-29(45-21-47)28-14-13-15-44-37(28)43/h13-15,20-27,30,33-36,39,51H,11-12,16-19H2,1-10H3/t22-,23-,24+,25+,26-,27?,30+,33-,34-,35-,36-,39?,41+,42+/m1/s1. The van der Waals surface area contributed by atoms with Crippen molar-refractivity contribution in [3.8, 4) is 11.3 Å². The van der Waals surface area contributed by atoms with E-state index < -0.39 is 89.3 Å². The lowest BCUT2D eigenvalue weighted by Gasteiger charge is -2.46. The van der Waals surface area contributed by atoms with Crippen molar-refractivity contribution < 1.29 is 48.0 Å². The SMILES string of the molecule is CO[C@@]1(C)C[C@@H](C)C(=O)[C@H](C)[C@H]2N(CCCCn3cnc(-c4cccnc4Cl)c3)C(=O)O[C@@]23C(C)[C@H]3OC(=O)[C@H](C)C(=O)[C@H](C)[C@H]1OC1O[C@H](C)C[C@H](N(C)C)[C@H]1O. The smallest absolute Gasteiger partial charge is 0.410 e. The van der Waals surface area contributed by atoms with Gasteiger partial charge in [0.1, 0.15) is 23.0 Å². The molecule has 5 heterocycles. The first-order valence-electron chi connectivity index (χ1n) is 20.5. The lowest BCUT2D eigenvalue weighted by Crippen LogP contribution is -2.59. The van der Waals surface area contributed by atoms with Crippen molar-refractivity contribution in [2.45, 2.75) is 135 Å². The predicted octanol–water partition coefficient (Wildman–Crippen LogP) is 4.80. The number of Topliss-reactive ketones (excluding diaryl/α,β-unsaturated/α-hetero) is 2. The minimum Gasteiger partial charge on any atom is -0.457 e. The van der Waals surface area contributed by atoms with Gasteiger partial charge in [0.15, 0.2) is 23.8 Å². The molecule has 14 atom stereocenters. The number of hydrogen-bond acceptors (Lipinski definition) is 13. The Kier molecular flexibility index (Phi) is 13.1. The maximum absolute atomic E-state index is 14.7. The van der Waals surface area contributed by atoms with Crippen LogP contribution in [0, 0.1) is 29.6 Å². The number of unbranched alkanes of at least 4 members (excludes halogenated alkanes) is 1. The number of ether oxygens (including phenoxy) is 5. The number of aromatic nitrogens is 3. The van der Waals surface area contributed by atoms with E-state index in [2.05, 4.69) is 9.97 Å². The molecule has 3 saturated heterocycles. The van der Waals surface area contributed by atoms with E-state index in [1.807, 2.05) is 56.6 Å². The Hall–Kier alpha value is -3.47. The Labute approximate surface area is 346 Å². The topological polar surface area (TPSA) is 172 Å². The molecule has 0 aromatic carbocycles. The van der Waals surface area contributed by atoms with Gasteiger partial charge in [-0.1, -0.05) is 39.3 Å². The molecule has 4 fully saturated rings. The zero-order valence-electron chi connectivity index (χ0n) is 35.3. The highest BCUT2D eigenvalue weighted by Gasteiger charge is 2.78. The Balaban J connectivity index is 1.25. The van der Waals surface area contributed by atoms with Crippen LogP contribution in [0.5, 0.6) is 0 Å². The van der Waals surface area contributed by atoms with Gasteiger partial charge in [-0.15, -0.1) is 0 Å².